The molecule has 0 saturated heterocycles. The molecule has 0 aliphatic rings. The fourth-order valence-corrected chi connectivity index (χ4v) is 2.30. The maximum atomic E-state index is 10.8. The molecule has 0 atom stereocenters. The molecule has 0 aromatic heterocycles. The number of nitro groups is 2. The predicted molar refractivity (Wildman–Crippen MR) is 78.5 cm³/mol. The topological polar surface area (TPSA) is 86.3 Å². The number of aryl methyl sites for hydroxylation is 2. The van der Waals surface area contributed by atoms with Crippen molar-refractivity contribution < 1.29 is 9.85 Å². The summed E-state index contributed by atoms with van der Waals surface area (Å²) in [6.45, 7) is 3.39. The Morgan fingerprint density at radius 1 is 0.810 bits per heavy atom. The largest absolute Gasteiger partial charge is 0.272 e. The second kappa shape index (κ2) is 5.70. The van der Waals surface area contributed by atoms with Crippen molar-refractivity contribution in [1.82, 2.24) is 0 Å². The molecule has 2 rings (SSSR count). The Labute approximate surface area is 121 Å². The first kappa shape index (κ1) is 14.6. The van der Waals surface area contributed by atoms with Crippen LogP contribution in [0.2, 0.25) is 0 Å². The van der Waals surface area contributed by atoms with Crippen LogP contribution in [0, 0.1) is 34.1 Å². The highest BCUT2D eigenvalue weighted by Crippen LogP contribution is 2.23. The van der Waals surface area contributed by atoms with Crippen molar-refractivity contribution in [3.05, 3.63) is 78.9 Å². The molecule has 0 unspecified atom stereocenters. The van der Waals surface area contributed by atoms with Gasteiger partial charge in [-0.05, 0) is 43.5 Å². The highest BCUT2D eigenvalue weighted by molar-refractivity contribution is 5.45. The van der Waals surface area contributed by atoms with E-state index in [4.69, 9.17) is 0 Å². The van der Waals surface area contributed by atoms with E-state index in [-0.39, 0.29) is 11.4 Å². The van der Waals surface area contributed by atoms with Crippen LogP contribution >= 0.6 is 0 Å². The molecule has 21 heavy (non-hydrogen) atoms. The summed E-state index contributed by atoms with van der Waals surface area (Å²) >= 11 is 0. The van der Waals surface area contributed by atoms with Crippen molar-refractivity contribution in [1.29, 1.82) is 0 Å². The predicted octanol–water partition coefficient (Wildman–Crippen LogP) is 3.71. The number of nitro benzene ring substituents is 2. The molecule has 0 aliphatic carbocycles. The molecule has 0 heterocycles. The van der Waals surface area contributed by atoms with Gasteiger partial charge in [0.2, 0.25) is 0 Å². The Kier molecular flexibility index (Phi) is 3.98. The summed E-state index contributed by atoms with van der Waals surface area (Å²) in [5, 5.41) is 21.6. The van der Waals surface area contributed by atoms with E-state index in [1.165, 1.54) is 12.1 Å². The maximum Gasteiger partial charge on any atom is 0.272 e. The molecular formula is C15H14N2O4. The van der Waals surface area contributed by atoms with Gasteiger partial charge in [0.1, 0.15) is 0 Å². The van der Waals surface area contributed by atoms with E-state index in [0.717, 1.165) is 11.1 Å². The van der Waals surface area contributed by atoms with E-state index in [9.17, 15) is 20.2 Å². The lowest BCUT2D eigenvalue weighted by Crippen LogP contribution is -1.96. The molecule has 0 amide bonds. The second-order valence-corrected chi connectivity index (χ2v) is 4.93. The quantitative estimate of drug-likeness (QED) is 0.633. The average Bonchev–Trinajstić information content (AvgIpc) is 2.37. The number of rotatable bonds is 4. The molecule has 0 spiro atoms. The van der Waals surface area contributed by atoms with Gasteiger partial charge in [-0.15, -0.1) is 0 Å². The standard InChI is InChI=1S/C15H14N2O4/c1-10-7-12(3-5-14(10)16(18)19)9-13-4-6-15(17(20)21)11(2)8-13/h3-8H,9H2,1-2H3. The Balaban J connectivity index is 2.26. The lowest BCUT2D eigenvalue weighted by atomic mass is 10.0. The van der Waals surface area contributed by atoms with Crippen LogP contribution in [-0.2, 0) is 6.42 Å². The van der Waals surface area contributed by atoms with Crippen molar-refractivity contribution >= 4 is 11.4 Å². The van der Waals surface area contributed by atoms with Crippen LogP contribution in [0.5, 0.6) is 0 Å². The molecule has 0 fully saturated rings. The number of hydrogen-bond donors (Lipinski definition) is 0. The Hall–Kier alpha value is -2.76. The zero-order valence-corrected chi connectivity index (χ0v) is 11.7. The highest BCUT2D eigenvalue weighted by Gasteiger charge is 2.12. The fourth-order valence-electron chi connectivity index (χ4n) is 2.30. The van der Waals surface area contributed by atoms with Crippen LogP contribution in [0.3, 0.4) is 0 Å². The number of hydrogen-bond acceptors (Lipinski definition) is 4. The van der Waals surface area contributed by atoms with E-state index < -0.39 is 9.85 Å². The Morgan fingerprint density at radius 2 is 1.19 bits per heavy atom. The first-order valence-corrected chi connectivity index (χ1v) is 6.36. The van der Waals surface area contributed by atoms with E-state index >= 15 is 0 Å². The van der Waals surface area contributed by atoms with Crippen molar-refractivity contribution in [3.8, 4) is 0 Å². The van der Waals surface area contributed by atoms with Gasteiger partial charge in [-0.1, -0.05) is 12.1 Å². The van der Waals surface area contributed by atoms with Gasteiger partial charge in [0.05, 0.1) is 9.85 Å². The molecule has 0 aliphatic heterocycles. The minimum atomic E-state index is -0.408. The van der Waals surface area contributed by atoms with E-state index in [2.05, 4.69) is 0 Å². The van der Waals surface area contributed by atoms with Gasteiger partial charge in [0.15, 0.2) is 0 Å². The molecular weight excluding hydrogens is 272 g/mol. The summed E-state index contributed by atoms with van der Waals surface area (Å²) < 4.78 is 0. The summed E-state index contributed by atoms with van der Waals surface area (Å²) in [4.78, 5) is 20.7. The SMILES string of the molecule is Cc1cc(Cc2ccc([N+](=O)[O-])c(C)c2)ccc1[N+](=O)[O-]. The van der Waals surface area contributed by atoms with E-state index in [1.807, 2.05) is 0 Å². The summed E-state index contributed by atoms with van der Waals surface area (Å²) in [5.74, 6) is 0. The molecule has 0 saturated carbocycles. The summed E-state index contributed by atoms with van der Waals surface area (Å²) in [6, 6.07) is 9.94. The first-order chi connectivity index (χ1) is 9.88. The minimum Gasteiger partial charge on any atom is -0.258 e. The lowest BCUT2D eigenvalue weighted by Gasteiger charge is -2.05. The van der Waals surface area contributed by atoms with Gasteiger partial charge >= 0.3 is 0 Å². The molecule has 108 valence electrons. The second-order valence-electron chi connectivity index (χ2n) is 4.93. The Morgan fingerprint density at radius 3 is 1.48 bits per heavy atom. The van der Waals surface area contributed by atoms with Gasteiger partial charge < -0.3 is 0 Å². The van der Waals surface area contributed by atoms with E-state index in [0.29, 0.717) is 17.5 Å². The van der Waals surface area contributed by atoms with Gasteiger partial charge in [0.25, 0.3) is 11.4 Å². The third-order valence-electron chi connectivity index (χ3n) is 3.32. The van der Waals surface area contributed by atoms with Crippen molar-refractivity contribution in [3.63, 3.8) is 0 Å². The van der Waals surface area contributed by atoms with Crippen LogP contribution in [0.1, 0.15) is 22.3 Å². The van der Waals surface area contributed by atoms with Crippen molar-refractivity contribution in [2.45, 2.75) is 20.3 Å². The summed E-state index contributed by atoms with van der Waals surface area (Å²) in [5.41, 5.74) is 3.28. The van der Waals surface area contributed by atoms with Crippen molar-refractivity contribution in [2.75, 3.05) is 0 Å². The first-order valence-electron chi connectivity index (χ1n) is 6.36. The molecule has 6 nitrogen and oxygen atoms in total. The average molecular weight is 286 g/mol. The number of nitrogens with zero attached hydrogens (tertiary/aromatic N) is 2. The van der Waals surface area contributed by atoms with Gasteiger partial charge in [0, 0.05) is 23.3 Å². The smallest absolute Gasteiger partial charge is 0.258 e. The molecule has 0 radical (unpaired) electrons. The zero-order valence-electron chi connectivity index (χ0n) is 11.7. The molecule has 2 aromatic rings. The monoisotopic (exact) mass is 286 g/mol. The van der Waals surface area contributed by atoms with Crippen LogP contribution in [0.15, 0.2) is 36.4 Å². The summed E-state index contributed by atoms with van der Waals surface area (Å²) in [6.07, 6.45) is 0.581. The highest BCUT2D eigenvalue weighted by atomic mass is 16.6. The van der Waals surface area contributed by atoms with Crippen LogP contribution < -0.4 is 0 Å². The lowest BCUT2D eigenvalue weighted by molar-refractivity contribution is -0.385. The zero-order chi connectivity index (χ0) is 15.6. The molecule has 6 heteroatoms. The van der Waals surface area contributed by atoms with Crippen molar-refractivity contribution in [2.24, 2.45) is 0 Å². The maximum absolute atomic E-state index is 10.8. The third-order valence-corrected chi connectivity index (χ3v) is 3.32. The van der Waals surface area contributed by atoms with Crippen LogP contribution in [-0.4, -0.2) is 9.85 Å². The fraction of sp³-hybridized carbons (Fsp3) is 0.200. The van der Waals surface area contributed by atoms with Gasteiger partial charge in [-0.25, -0.2) is 0 Å². The van der Waals surface area contributed by atoms with Crippen LogP contribution in [0.4, 0.5) is 11.4 Å². The van der Waals surface area contributed by atoms with Gasteiger partial charge in [-0.3, -0.25) is 20.2 Å². The molecule has 2 aromatic carbocycles. The third kappa shape index (κ3) is 3.22. The Bertz CT molecular complexity index is 664. The van der Waals surface area contributed by atoms with E-state index in [1.54, 1.807) is 38.1 Å². The molecule has 0 N–H and O–H groups in total. The summed E-state index contributed by atoms with van der Waals surface area (Å²) in [7, 11) is 0. The normalized spacial score (nSPS) is 10.4. The van der Waals surface area contributed by atoms with Crippen LogP contribution in [0.25, 0.3) is 0 Å². The van der Waals surface area contributed by atoms with Gasteiger partial charge in [-0.2, -0.15) is 0 Å². The minimum absolute atomic E-state index is 0.0960. The molecule has 0 bridgehead atoms. The number of benzene rings is 2.